The van der Waals surface area contributed by atoms with Crippen LogP contribution in [0.25, 0.3) is 0 Å². The van der Waals surface area contributed by atoms with Gasteiger partial charge in [0, 0.05) is 13.2 Å². The number of furan rings is 1. The monoisotopic (exact) mass is 383 g/mol. The van der Waals surface area contributed by atoms with Crippen molar-refractivity contribution in [2.75, 3.05) is 20.3 Å². The van der Waals surface area contributed by atoms with E-state index >= 15 is 0 Å². The zero-order valence-electron chi connectivity index (χ0n) is 15.5. The molecule has 0 bridgehead atoms. The van der Waals surface area contributed by atoms with Gasteiger partial charge in [-0.25, -0.2) is 0 Å². The fourth-order valence-corrected chi connectivity index (χ4v) is 3.78. The molecule has 0 unspecified atom stereocenters. The highest BCUT2D eigenvalue weighted by molar-refractivity contribution is 6.15. The number of hydrogen-bond acceptors (Lipinski definition) is 6. The predicted octanol–water partition coefficient (Wildman–Crippen LogP) is 3.05. The molecule has 0 radical (unpaired) electrons. The maximum Gasteiger partial charge on any atom is 0.290 e. The number of aliphatic hydroxyl groups excluding tert-OH is 1. The lowest BCUT2D eigenvalue weighted by Crippen LogP contribution is -2.37. The fourth-order valence-electron chi connectivity index (χ4n) is 3.78. The fraction of sp³-hybridized carbons (Fsp3) is 0.333. The molecule has 1 amide bonds. The van der Waals surface area contributed by atoms with Crippen molar-refractivity contribution in [1.29, 1.82) is 0 Å². The molecule has 4 rings (SSSR count). The van der Waals surface area contributed by atoms with E-state index in [9.17, 15) is 14.7 Å². The first-order valence-corrected chi connectivity index (χ1v) is 9.18. The molecule has 146 valence electrons. The number of rotatable bonds is 6. The van der Waals surface area contributed by atoms with Crippen LogP contribution in [0.4, 0.5) is 0 Å². The number of carbonyl (C=O) groups is 2. The first-order chi connectivity index (χ1) is 13.6. The summed E-state index contributed by atoms with van der Waals surface area (Å²) in [5.41, 5.74) is 0.677. The summed E-state index contributed by atoms with van der Waals surface area (Å²) < 4.78 is 16.2. The summed E-state index contributed by atoms with van der Waals surface area (Å²) in [6.45, 7) is 0.938. The number of hydrogen-bond donors (Lipinski definition) is 1. The van der Waals surface area contributed by atoms with Gasteiger partial charge >= 0.3 is 0 Å². The average molecular weight is 383 g/mol. The predicted molar refractivity (Wildman–Crippen MR) is 99.1 cm³/mol. The van der Waals surface area contributed by atoms with Gasteiger partial charge in [0.1, 0.15) is 5.75 Å². The second-order valence-electron chi connectivity index (χ2n) is 6.84. The van der Waals surface area contributed by atoms with Crippen molar-refractivity contribution in [2.24, 2.45) is 0 Å². The van der Waals surface area contributed by atoms with Crippen LogP contribution in [0.5, 0.6) is 5.75 Å². The number of methoxy groups -OCH3 is 1. The second kappa shape index (κ2) is 7.52. The maximum absolute atomic E-state index is 13.0. The third-order valence-corrected chi connectivity index (χ3v) is 5.13. The van der Waals surface area contributed by atoms with Crippen LogP contribution in [0.2, 0.25) is 0 Å². The number of ether oxygens (including phenoxy) is 2. The van der Waals surface area contributed by atoms with E-state index in [-0.39, 0.29) is 17.4 Å². The van der Waals surface area contributed by atoms with Gasteiger partial charge in [-0.15, -0.1) is 0 Å². The maximum atomic E-state index is 13.0. The number of aliphatic hydroxyl groups is 1. The molecular formula is C21H21NO6. The average Bonchev–Trinajstić information content (AvgIpc) is 3.46. The lowest BCUT2D eigenvalue weighted by Gasteiger charge is -2.29. The molecule has 1 saturated heterocycles. The molecule has 28 heavy (non-hydrogen) atoms. The van der Waals surface area contributed by atoms with Crippen LogP contribution in [-0.4, -0.2) is 48.1 Å². The van der Waals surface area contributed by atoms with Crippen molar-refractivity contribution in [3.63, 3.8) is 0 Å². The van der Waals surface area contributed by atoms with Crippen molar-refractivity contribution >= 4 is 11.7 Å². The summed E-state index contributed by atoms with van der Waals surface area (Å²) in [4.78, 5) is 27.4. The number of nitrogens with zero attached hydrogens (tertiary/aromatic N) is 1. The lowest BCUT2D eigenvalue weighted by molar-refractivity contribution is -0.131. The second-order valence-corrected chi connectivity index (χ2v) is 6.84. The lowest BCUT2D eigenvalue weighted by atomic mass is 9.94. The Morgan fingerprint density at radius 3 is 2.86 bits per heavy atom. The molecule has 0 aliphatic carbocycles. The van der Waals surface area contributed by atoms with Crippen LogP contribution >= 0.6 is 0 Å². The summed E-state index contributed by atoms with van der Waals surface area (Å²) in [7, 11) is 1.55. The van der Waals surface area contributed by atoms with Crippen molar-refractivity contribution < 1.29 is 28.6 Å². The van der Waals surface area contributed by atoms with E-state index in [0.29, 0.717) is 24.5 Å². The Kier molecular flexibility index (Phi) is 4.92. The molecule has 2 aromatic rings. The van der Waals surface area contributed by atoms with Gasteiger partial charge in [-0.05, 0) is 42.7 Å². The molecule has 1 fully saturated rings. The molecule has 1 aromatic heterocycles. The van der Waals surface area contributed by atoms with E-state index in [1.54, 1.807) is 37.4 Å². The summed E-state index contributed by atoms with van der Waals surface area (Å²) in [6, 6.07) is 9.48. The van der Waals surface area contributed by atoms with Gasteiger partial charge in [-0.1, -0.05) is 12.1 Å². The van der Waals surface area contributed by atoms with Gasteiger partial charge in [-0.2, -0.15) is 0 Å². The first-order valence-electron chi connectivity index (χ1n) is 9.18. The third-order valence-electron chi connectivity index (χ3n) is 5.13. The van der Waals surface area contributed by atoms with Crippen LogP contribution in [0.3, 0.4) is 0 Å². The largest absolute Gasteiger partial charge is 0.503 e. The highest BCUT2D eigenvalue weighted by Crippen LogP contribution is 2.40. The number of Topliss-reactive ketones (excluding diaryl/α,β-unsaturated/α-hetero) is 1. The van der Waals surface area contributed by atoms with Gasteiger partial charge in [0.05, 0.1) is 31.1 Å². The normalized spacial score (nSPS) is 22.2. The van der Waals surface area contributed by atoms with Crippen LogP contribution in [0.1, 0.15) is 35.0 Å². The molecule has 2 aliphatic heterocycles. The molecule has 2 aliphatic rings. The first kappa shape index (κ1) is 18.3. The van der Waals surface area contributed by atoms with Gasteiger partial charge in [0.2, 0.25) is 5.78 Å². The van der Waals surface area contributed by atoms with E-state index in [2.05, 4.69) is 0 Å². The third kappa shape index (κ3) is 3.18. The minimum atomic E-state index is -0.746. The highest BCUT2D eigenvalue weighted by atomic mass is 16.5. The number of ketones is 1. The molecule has 1 N–H and O–H groups in total. The highest BCUT2D eigenvalue weighted by Gasteiger charge is 2.45. The minimum absolute atomic E-state index is 0.00574. The molecule has 3 heterocycles. The Morgan fingerprint density at radius 1 is 1.32 bits per heavy atom. The molecule has 7 heteroatoms. The number of carbonyl (C=O) groups excluding carboxylic acids is 2. The SMILES string of the molecule is COc1cccc([C@@H]2C(C(=O)c3ccco3)=C(O)C(=O)N2C[C@H]2CCCO2)c1. The summed E-state index contributed by atoms with van der Waals surface area (Å²) >= 11 is 0. The molecule has 0 saturated carbocycles. The molecule has 2 atom stereocenters. The number of amides is 1. The van der Waals surface area contributed by atoms with E-state index in [4.69, 9.17) is 13.9 Å². The van der Waals surface area contributed by atoms with Crippen molar-refractivity contribution in [1.82, 2.24) is 4.90 Å². The van der Waals surface area contributed by atoms with E-state index in [1.165, 1.54) is 17.2 Å². The van der Waals surface area contributed by atoms with Crippen molar-refractivity contribution in [3.8, 4) is 5.75 Å². The Balaban J connectivity index is 1.77. The summed E-state index contributed by atoms with van der Waals surface area (Å²) in [5, 5.41) is 10.6. The molecule has 0 spiro atoms. The molecular weight excluding hydrogens is 362 g/mol. The Labute approximate surface area is 162 Å². The van der Waals surface area contributed by atoms with Crippen molar-refractivity contribution in [3.05, 3.63) is 65.3 Å². The van der Waals surface area contributed by atoms with E-state index in [1.807, 2.05) is 0 Å². The van der Waals surface area contributed by atoms with Crippen LogP contribution in [0.15, 0.2) is 58.4 Å². The summed E-state index contributed by atoms with van der Waals surface area (Å²) in [5.74, 6) is -0.983. The van der Waals surface area contributed by atoms with Crippen LogP contribution in [0, 0.1) is 0 Å². The van der Waals surface area contributed by atoms with Gasteiger partial charge in [-0.3, -0.25) is 9.59 Å². The number of benzene rings is 1. The summed E-state index contributed by atoms with van der Waals surface area (Å²) in [6.07, 6.45) is 3.01. The van der Waals surface area contributed by atoms with Crippen molar-refractivity contribution in [2.45, 2.75) is 25.0 Å². The zero-order chi connectivity index (χ0) is 19.7. The van der Waals surface area contributed by atoms with Crippen LogP contribution in [-0.2, 0) is 9.53 Å². The smallest absolute Gasteiger partial charge is 0.290 e. The Hall–Kier alpha value is -3.06. The quantitative estimate of drug-likeness (QED) is 0.772. The van der Waals surface area contributed by atoms with Gasteiger partial charge in [0.15, 0.2) is 11.5 Å². The standard InChI is InChI=1S/C21H21NO6/c1-26-14-6-2-5-13(11-14)18-17(19(23)16-8-4-10-28-16)20(24)21(25)22(18)12-15-7-3-9-27-15/h2,4-6,8,10-11,15,18,24H,3,7,9,12H2,1H3/t15-,18-/m1/s1. The molecule has 7 nitrogen and oxygen atoms in total. The van der Waals surface area contributed by atoms with Crippen LogP contribution < -0.4 is 4.74 Å². The minimum Gasteiger partial charge on any atom is -0.503 e. The van der Waals surface area contributed by atoms with E-state index < -0.39 is 23.5 Å². The molecule has 1 aromatic carbocycles. The topological polar surface area (TPSA) is 89.2 Å². The Morgan fingerprint density at radius 2 is 2.18 bits per heavy atom. The zero-order valence-corrected chi connectivity index (χ0v) is 15.5. The van der Waals surface area contributed by atoms with Gasteiger partial charge < -0.3 is 23.9 Å². The van der Waals surface area contributed by atoms with E-state index in [0.717, 1.165) is 12.8 Å². The Bertz CT molecular complexity index is 911. The van der Waals surface area contributed by atoms with Gasteiger partial charge in [0.25, 0.3) is 5.91 Å².